The van der Waals surface area contributed by atoms with Gasteiger partial charge in [-0.15, -0.1) is 0 Å². The first kappa shape index (κ1) is 46.0. The van der Waals surface area contributed by atoms with E-state index < -0.39 is 20.0 Å². The van der Waals surface area contributed by atoms with E-state index in [1.165, 1.54) is 96.3 Å². The van der Waals surface area contributed by atoms with Gasteiger partial charge in [0.25, 0.3) is 0 Å². The monoisotopic (exact) mass is 688 g/mol. The molecule has 0 spiro atoms. The van der Waals surface area contributed by atoms with E-state index in [0.717, 1.165) is 32.1 Å². The lowest BCUT2D eigenvalue weighted by atomic mass is 10.0. The van der Waals surface area contributed by atoms with E-state index >= 15 is 0 Å². The van der Waals surface area contributed by atoms with Crippen LogP contribution in [-0.2, 0) is 18.4 Å². The Labute approximate surface area is 290 Å². The second-order valence-corrected chi connectivity index (χ2v) is 15.8. The van der Waals surface area contributed by atoms with Crippen molar-refractivity contribution in [2.45, 2.75) is 174 Å². The zero-order valence-electron chi connectivity index (χ0n) is 31.3. The number of hydrogen-bond acceptors (Lipinski definition) is 5. The fourth-order valence-corrected chi connectivity index (χ4v) is 6.06. The number of unbranched alkanes of at least 4 members (excludes halogenated alkanes) is 17. The number of aliphatic hydroxyl groups is 1. The Morgan fingerprint density at radius 1 is 0.723 bits per heavy atom. The van der Waals surface area contributed by atoms with Crippen LogP contribution in [0.15, 0.2) is 24.3 Å². The molecule has 3 unspecified atom stereocenters. The fourth-order valence-electron chi connectivity index (χ4n) is 5.33. The highest BCUT2D eigenvalue weighted by Crippen LogP contribution is 2.43. The molecule has 0 rings (SSSR count). The van der Waals surface area contributed by atoms with Crippen molar-refractivity contribution in [1.82, 2.24) is 5.32 Å². The second kappa shape index (κ2) is 31.0. The number of aliphatic hydroxyl groups excluding tert-OH is 1. The van der Waals surface area contributed by atoms with Gasteiger partial charge in [0, 0.05) is 6.42 Å². The highest BCUT2D eigenvalue weighted by atomic mass is 31.2. The smallest absolute Gasteiger partial charge is 0.391 e. The summed E-state index contributed by atoms with van der Waals surface area (Å²) in [5, 5.41) is 13.8. The van der Waals surface area contributed by atoms with Crippen LogP contribution in [-0.4, -0.2) is 73.4 Å². The minimum atomic E-state index is -4.32. The summed E-state index contributed by atoms with van der Waals surface area (Å²) in [5.41, 5.74) is 0. The standard InChI is InChI=1S/C38H75N2O6P/c1-6-8-10-12-14-16-18-20-22-24-26-28-30-32-38(42)39-36(35-46-47(43,44)45-34-33-40(3,4)5)37(41)31-29-27-25-23-21-19-17-15-13-11-9-7-2/h20,22,26,28,36-37,41H,6-19,21,23-25,27,29-35H2,1-5H3,(H-,39,42,43,44)/p+1/b22-20-,28-26-. The lowest BCUT2D eigenvalue weighted by Crippen LogP contribution is -2.46. The van der Waals surface area contributed by atoms with Gasteiger partial charge in [0.15, 0.2) is 0 Å². The molecule has 0 aliphatic rings. The molecule has 3 N–H and O–H groups in total. The van der Waals surface area contributed by atoms with Gasteiger partial charge in [-0.25, -0.2) is 4.57 Å². The molecule has 0 heterocycles. The second-order valence-electron chi connectivity index (χ2n) is 14.3. The number of phosphoric acid groups is 1. The van der Waals surface area contributed by atoms with Crippen LogP contribution in [0.5, 0.6) is 0 Å². The average Bonchev–Trinajstić information content (AvgIpc) is 3.01. The van der Waals surface area contributed by atoms with Crippen molar-refractivity contribution in [3.8, 4) is 0 Å². The predicted octanol–water partition coefficient (Wildman–Crippen LogP) is 9.80. The lowest BCUT2D eigenvalue weighted by Gasteiger charge is -2.26. The van der Waals surface area contributed by atoms with Gasteiger partial charge in [0.1, 0.15) is 13.2 Å². The Morgan fingerprint density at radius 2 is 1.21 bits per heavy atom. The van der Waals surface area contributed by atoms with Crippen LogP contribution in [0.25, 0.3) is 0 Å². The van der Waals surface area contributed by atoms with Crippen molar-refractivity contribution >= 4 is 13.7 Å². The largest absolute Gasteiger partial charge is 0.472 e. The maximum Gasteiger partial charge on any atom is 0.472 e. The maximum atomic E-state index is 12.8. The SMILES string of the molecule is CCCCCCCC/C=C\C/C=C\CCC(=O)NC(COP(=O)(O)OCC[N+](C)(C)C)C(O)CCCCCCCCCCCCCC. The number of hydrogen-bond donors (Lipinski definition) is 3. The summed E-state index contributed by atoms with van der Waals surface area (Å²) in [6.07, 6.45) is 33.5. The van der Waals surface area contributed by atoms with Gasteiger partial charge in [-0.3, -0.25) is 13.8 Å². The molecule has 278 valence electrons. The summed E-state index contributed by atoms with van der Waals surface area (Å²) in [7, 11) is 1.58. The number of phosphoric ester groups is 1. The third-order valence-electron chi connectivity index (χ3n) is 8.47. The Balaban J connectivity index is 4.57. The van der Waals surface area contributed by atoms with E-state index in [1.807, 2.05) is 27.2 Å². The Hall–Kier alpha value is -1.02. The maximum absolute atomic E-state index is 12.8. The molecule has 0 radical (unpaired) electrons. The van der Waals surface area contributed by atoms with Crippen molar-refractivity contribution in [2.24, 2.45) is 0 Å². The molecule has 0 aromatic rings. The van der Waals surface area contributed by atoms with Crippen LogP contribution in [0, 0.1) is 0 Å². The van der Waals surface area contributed by atoms with Crippen molar-refractivity contribution in [2.75, 3.05) is 40.9 Å². The summed E-state index contributed by atoms with van der Waals surface area (Å²) in [6.45, 7) is 4.81. The van der Waals surface area contributed by atoms with E-state index in [0.29, 0.717) is 23.9 Å². The Morgan fingerprint density at radius 3 is 1.74 bits per heavy atom. The van der Waals surface area contributed by atoms with E-state index in [-0.39, 0.29) is 25.5 Å². The molecule has 9 heteroatoms. The first-order valence-corrected chi connectivity index (χ1v) is 20.7. The number of carbonyl (C=O) groups excluding carboxylic acids is 1. The summed E-state index contributed by atoms with van der Waals surface area (Å²) < 4.78 is 23.5. The Bertz CT molecular complexity index is 829. The van der Waals surface area contributed by atoms with Crippen LogP contribution in [0.4, 0.5) is 0 Å². The molecule has 0 fully saturated rings. The van der Waals surface area contributed by atoms with E-state index in [9.17, 15) is 19.4 Å². The molecular formula is C38H76N2O6P+. The normalized spacial score (nSPS) is 15.0. The molecule has 0 bridgehead atoms. The van der Waals surface area contributed by atoms with Crippen LogP contribution >= 0.6 is 7.82 Å². The molecule has 8 nitrogen and oxygen atoms in total. The summed E-state index contributed by atoms with van der Waals surface area (Å²) >= 11 is 0. The number of allylic oxidation sites excluding steroid dienone is 4. The molecule has 0 aromatic heterocycles. The van der Waals surface area contributed by atoms with Gasteiger partial charge < -0.3 is 19.8 Å². The molecule has 0 aliphatic heterocycles. The summed E-state index contributed by atoms with van der Waals surface area (Å²) in [5.74, 6) is -0.214. The highest BCUT2D eigenvalue weighted by molar-refractivity contribution is 7.47. The topological polar surface area (TPSA) is 105 Å². The zero-order chi connectivity index (χ0) is 35.1. The molecule has 0 saturated carbocycles. The number of nitrogens with zero attached hydrogens (tertiary/aromatic N) is 1. The third kappa shape index (κ3) is 33.3. The molecule has 3 atom stereocenters. The number of carbonyl (C=O) groups is 1. The van der Waals surface area contributed by atoms with Gasteiger partial charge in [0.2, 0.25) is 5.91 Å². The van der Waals surface area contributed by atoms with Crippen molar-refractivity contribution in [1.29, 1.82) is 0 Å². The fraction of sp³-hybridized carbons (Fsp3) is 0.868. The van der Waals surface area contributed by atoms with E-state index in [2.05, 4.69) is 37.4 Å². The molecular weight excluding hydrogens is 611 g/mol. The number of amides is 1. The molecule has 0 aliphatic carbocycles. The van der Waals surface area contributed by atoms with Crippen LogP contribution in [0.1, 0.15) is 162 Å². The van der Waals surface area contributed by atoms with Crippen molar-refractivity contribution in [3.05, 3.63) is 24.3 Å². The highest BCUT2D eigenvalue weighted by Gasteiger charge is 2.28. The minimum absolute atomic E-state index is 0.0658. The molecule has 1 amide bonds. The van der Waals surface area contributed by atoms with Crippen molar-refractivity contribution < 1.29 is 32.9 Å². The predicted molar refractivity (Wildman–Crippen MR) is 198 cm³/mol. The average molecular weight is 688 g/mol. The van der Waals surface area contributed by atoms with Gasteiger partial charge >= 0.3 is 7.82 Å². The molecule has 0 aromatic carbocycles. The van der Waals surface area contributed by atoms with Crippen molar-refractivity contribution in [3.63, 3.8) is 0 Å². The number of quaternary nitrogens is 1. The first-order chi connectivity index (χ1) is 22.5. The van der Waals surface area contributed by atoms with Crippen LogP contribution in [0.3, 0.4) is 0 Å². The van der Waals surface area contributed by atoms with E-state index in [1.54, 1.807) is 0 Å². The van der Waals surface area contributed by atoms with Gasteiger partial charge in [-0.05, 0) is 32.1 Å². The number of rotatable bonds is 34. The van der Waals surface area contributed by atoms with Crippen LogP contribution in [0.2, 0.25) is 0 Å². The Kier molecular flexibility index (Phi) is 30.3. The molecule has 0 saturated heterocycles. The van der Waals surface area contributed by atoms with E-state index in [4.69, 9.17) is 9.05 Å². The summed E-state index contributed by atoms with van der Waals surface area (Å²) in [6, 6.07) is -0.786. The number of nitrogens with one attached hydrogen (secondary N) is 1. The quantitative estimate of drug-likeness (QED) is 0.0269. The number of likely N-dealkylation sites (N-methyl/N-ethyl adjacent to an activating group) is 1. The first-order valence-electron chi connectivity index (χ1n) is 19.2. The zero-order valence-corrected chi connectivity index (χ0v) is 32.2. The van der Waals surface area contributed by atoms with Gasteiger partial charge in [-0.2, -0.15) is 0 Å². The summed E-state index contributed by atoms with van der Waals surface area (Å²) in [4.78, 5) is 22.9. The third-order valence-corrected chi connectivity index (χ3v) is 9.45. The molecule has 47 heavy (non-hydrogen) atoms. The van der Waals surface area contributed by atoms with Gasteiger partial charge in [-0.1, -0.05) is 147 Å². The minimum Gasteiger partial charge on any atom is -0.391 e. The lowest BCUT2D eigenvalue weighted by molar-refractivity contribution is -0.870. The van der Waals surface area contributed by atoms with Crippen LogP contribution < -0.4 is 5.32 Å². The van der Waals surface area contributed by atoms with Gasteiger partial charge in [0.05, 0.1) is 39.9 Å².